The summed E-state index contributed by atoms with van der Waals surface area (Å²) in [6, 6.07) is 11.4. The molecular formula is C14H10F4N2. The minimum absolute atomic E-state index is 0.591. The molecule has 0 saturated heterocycles. The SMILES string of the molecule is Fc1cccc(C(F)(F)F)c1C=NNc1ccccc1. The topological polar surface area (TPSA) is 24.4 Å². The van der Waals surface area contributed by atoms with E-state index < -0.39 is 23.1 Å². The van der Waals surface area contributed by atoms with E-state index in [1.807, 2.05) is 0 Å². The number of hydrazone groups is 1. The highest BCUT2D eigenvalue weighted by Gasteiger charge is 2.33. The molecule has 1 N–H and O–H groups in total. The summed E-state index contributed by atoms with van der Waals surface area (Å²) in [5.74, 6) is -0.974. The number of anilines is 1. The molecule has 6 heteroatoms. The average Bonchev–Trinajstić information content (AvgIpc) is 2.40. The van der Waals surface area contributed by atoms with E-state index in [9.17, 15) is 17.6 Å². The molecule has 0 aliphatic heterocycles. The summed E-state index contributed by atoms with van der Waals surface area (Å²) >= 11 is 0. The molecule has 0 amide bonds. The van der Waals surface area contributed by atoms with Gasteiger partial charge in [-0.1, -0.05) is 24.3 Å². The van der Waals surface area contributed by atoms with Gasteiger partial charge < -0.3 is 0 Å². The van der Waals surface area contributed by atoms with Crippen molar-refractivity contribution in [3.8, 4) is 0 Å². The van der Waals surface area contributed by atoms with Crippen LogP contribution in [0.2, 0.25) is 0 Å². The maximum atomic E-state index is 13.5. The molecule has 0 aliphatic rings. The van der Waals surface area contributed by atoms with Gasteiger partial charge in [0.1, 0.15) is 5.82 Å². The number of nitrogens with zero attached hydrogens (tertiary/aromatic N) is 1. The van der Waals surface area contributed by atoms with E-state index in [1.165, 1.54) is 0 Å². The first kappa shape index (κ1) is 14.0. The highest BCUT2D eigenvalue weighted by Crippen LogP contribution is 2.32. The van der Waals surface area contributed by atoms with Gasteiger partial charge in [-0.05, 0) is 24.3 Å². The summed E-state index contributed by atoms with van der Waals surface area (Å²) in [7, 11) is 0. The summed E-state index contributed by atoms with van der Waals surface area (Å²) in [5, 5.41) is 3.63. The van der Waals surface area contributed by atoms with Crippen LogP contribution in [0.5, 0.6) is 0 Å². The van der Waals surface area contributed by atoms with E-state index in [1.54, 1.807) is 30.3 Å². The quantitative estimate of drug-likeness (QED) is 0.507. The summed E-state index contributed by atoms with van der Waals surface area (Å²) in [6.07, 6.45) is -3.80. The zero-order valence-corrected chi connectivity index (χ0v) is 10.2. The van der Waals surface area contributed by atoms with Crippen LogP contribution >= 0.6 is 0 Å². The third-order valence-corrected chi connectivity index (χ3v) is 2.52. The molecular weight excluding hydrogens is 272 g/mol. The molecule has 0 unspecified atom stereocenters. The molecule has 0 aromatic heterocycles. The van der Waals surface area contributed by atoms with Gasteiger partial charge in [0.15, 0.2) is 0 Å². The van der Waals surface area contributed by atoms with Gasteiger partial charge in [-0.15, -0.1) is 0 Å². The summed E-state index contributed by atoms with van der Waals surface area (Å²) < 4.78 is 51.7. The largest absolute Gasteiger partial charge is 0.417 e. The second-order valence-corrected chi connectivity index (χ2v) is 3.93. The Morgan fingerprint density at radius 2 is 1.65 bits per heavy atom. The molecule has 0 radical (unpaired) electrons. The lowest BCUT2D eigenvalue weighted by atomic mass is 10.1. The third-order valence-electron chi connectivity index (χ3n) is 2.52. The van der Waals surface area contributed by atoms with Crippen LogP contribution in [0, 0.1) is 5.82 Å². The van der Waals surface area contributed by atoms with E-state index in [0.717, 1.165) is 24.4 Å². The lowest BCUT2D eigenvalue weighted by Crippen LogP contribution is -2.10. The predicted molar refractivity (Wildman–Crippen MR) is 69.1 cm³/mol. The normalized spacial score (nSPS) is 11.8. The van der Waals surface area contributed by atoms with Crippen LogP contribution in [0.4, 0.5) is 23.2 Å². The van der Waals surface area contributed by atoms with Gasteiger partial charge in [0.2, 0.25) is 0 Å². The molecule has 2 aromatic carbocycles. The Labute approximate surface area is 112 Å². The van der Waals surface area contributed by atoms with Gasteiger partial charge in [-0.2, -0.15) is 18.3 Å². The van der Waals surface area contributed by atoms with Crippen LogP contribution in [0.3, 0.4) is 0 Å². The number of para-hydroxylation sites is 1. The monoisotopic (exact) mass is 282 g/mol. The Morgan fingerprint density at radius 3 is 2.30 bits per heavy atom. The molecule has 0 heterocycles. The van der Waals surface area contributed by atoms with Crippen molar-refractivity contribution in [1.29, 1.82) is 0 Å². The number of alkyl halides is 3. The zero-order chi connectivity index (χ0) is 14.6. The van der Waals surface area contributed by atoms with Gasteiger partial charge >= 0.3 is 6.18 Å². The fourth-order valence-corrected chi connectivity index (χ4v) is 1.60. The summed E-state index contributed by atoms with van der Waals surface area (Å²) in [4.78, 5) is 0. The Morgan fingerprint density at radius 1 is 0.950 bits per heavy atom. The van der Waals surface area contributed by atoms with Crippen molar-refractivity contribution in [2.24, 2.45) is 5.10 Å². The molecule has 20 heavy (non-hydrogen) atoms. The third kappa shape index (κ3) is 3.34. The van der Waals surface area contributed by atoms with Crippen LogP contribution in [-0.2, 0) is 6.18 Å². The maximum Gasteiger partial charge on any atom is 0.417 e. The highest BCUT2D eigenvalue weighted by molar-refractivity contribution is 5.83. The maximum absolute atomic E-state index is 13.5. The van der Waals surface area contributed by atoms with E-state index in [4.69, 9.17) is 0 Å². The summed E-state index contributed by atoms with van der Waals surface area (Å²) in [5.41, 5.74) is 1.47. The van der Waals surface area contributed by atoms with Crippen molar-refractivity contribution in [3.05, 3.63) is 65.5 Å². The molecule has 2 rings (SSSR count). The van der Waals surface area contributed by atoms with Crippen molar-refractivity contribution in [1.82, 2.24) is 0 Å². The average molecular weight is 282 g/mol. The smallest absolute Gasteiger partial charge is 0.279 e. The Balaban J connectivity index is 2.25. The lowest BCUT2D eigenvalue weighted by Gasteiger charge is -2.10. The second kappa shape index (κ2) is 5.73. The van der Waals surface area contributed by atoms with E-state index in [0.29, 0.717) is 5.69 Å². The number of rotatable bonds is 3. The zero-order valence-electron chi connectivity index (χ0n) is 10.2. The first-order valence-electron chi connectivity index (χ1n) is 5.68. The fourth-order valence-electron chi connectivity index (χ4n) is 1.60. The number of nitrogens with one attached hydrogen (secondary N) is 1. The first-order valence-corrected chi connectivity index (χ1v) is 5.68. The van der Waals surface area contributed by atoms with Crippen molar-refractivity contribution in [2.45, 2.75) is 6.18 Å². The Kier molecular flexibility index (Phi) is 4.02. The standard InChI is InChI=1S/C14H10F4N2/c15-13-8-4-7-12(14(16,17)18)11(13)9-19-20-10-5-2-1-3-6-10/h1-9,20H. The van der Waals surface area contributed by atoms with Gasteiger partial charge in [0.25, 0.3) is 0 Å². The fraction of sp³-hybridized carbons (Fsp3) is 0.0714. The van der Waals surface area contributed by atoms with Crippen molar-refractivity contribution in [3.63, 3.8) is 0 Å². The van der Waals surface area contributed by atoms with Gasteiger partial charge in [-0.3, -0.25) is 5.43 Å². The number of halogens is 4. The minimum atomic E-state index is -4.63. The van der Waals surface area contributed by atoms with Crippen molar-refractivity contribution in [2.75, 3.05) is 5.43 Å². The molecule has 104 valence electrons. The molecule has 0 fully saturated rings. The van der Waals surface area contributed by atoms with Crippen molar-refractivity contribution >= 4 is 11.9 Å². The van der Waals surface area contributed by atoms with Crippen LogP contribution in [0.1, 0.15) is 11.1 Å². The highest BCUT2D eigenvalue weighted by atomic mass is 19.4. The number of benzene rings is 2. The number of hydrogen-bond acceptors (Lipinski definition) is 2. The lowest BCUT2D eigenvalue weighted by molar-refractivity contribution is -0.137. The van der Waals surface area contributed by atoms with Gasteiger partial charge in [0.05, 0.1) is 17.5 Å². The molecule has 2 nitrogen and oxygen atoms in total. The van der Waals surface area contributed by atoms with Crippen LogP contribution in [0.15, 0.2) is 53.6 Å². The van der Waals surface area contributed by atoms with E-state index in [-0.39, 0.29) is 0 Å². The molecule has 2 aromatic rings. The first-order chi connectivity index (χ1) is 9.48. The number of hydrogen-bond donors (Lipinski definition) is 1. The molecule has 0 bridgehead atoms. The molecule has 0 aliphatic carbocycles. The van der Waals surface area contributed by atoms with E-state index >= 15 is 0 Å². The van der Waals surface area contributed by atoms with Crippen LogP contribution < -0.4 is 5.43 Å². The van der Waals surface area contributed by atoms with Gasteiger partial charge in [-0.25, -0.2) is 4.39 Å². The van der Waals surface area contributed by atoms with Crippen LogP contribution in [-0.4, -0.2) is 6.21 Å². The molecule has 0 saturated carbocycles. The second-order valence-electron chi connectivity index (χ2n) is 3.93. The van der Waals surface area contributed by atoms with Gasteiger partial charge in [0, 0.05) is 5.56 Å². The minimum Gasteiger partial charge on any atom is -0.279 e. The van der Waals surface area contributed by atoms with E-state index in [2.05, 4.69) is 10.5 Å². The Bertz CT molecular complexity index is 606. The molecule has 0 atom stereocenters. The Hall–Kier alpha value is -2.37. The molecule has 0 spiro atoms. The van der Waals surface area contributed by atoms with Crippen LogP contribution in [0.25, 0.3) is 0 Å². The van der Waals surface area contributed by atoms with Crippen molar-refractivity contribution < 1.29 is 17.6 Å². The predicted octanol–water partition coefficient (Wildman–Crippen LogP) is 4.29. The summed E-state index contributed by atoms with van der Waals surface area (Å²) in [6.45, 7) is 0.